The number of hydrogen-bond donors (Lipinski definition) is 0. The SMILES string of the molecule is CC(C)C12c3ccccc3C(c3ccccc31)c1ccccc12.Cc1ccc(C)c2c(C(C)C)c3c(C)ccc(C)c3cc12. The summed E-state index contributed by atoms with van der Waals surface area (Å²) in [5.74, 6) is 1.42. The van der Waals surface area contributed by atoms with Crippen molar-refractivity contribution >= 4 is 21.5 Å². The molecule has 0 nitrogen and oxygen atoms in total. The van der Waals surface area contributed by atoms with E-state index in [0.717, 1.165) is 0 Å². The molecule has 0 aliphatic heterocycles. The van der Waals surface area contributed by atoms with Crippen LogP contribution in [0.3, 0.4) is 0 Å². The van der Waals surface area contributed by atoms with E-state index in [9.17, 15) is 0 Å². The molecule has 0 spiro atoms. The molecule has 9 rings (SSSR count). The topological polar surface area (TPSA) is 0 Å². The summed E-state index contributed by atoms with van der Waals surface area (Å²) in [5, 5.41) is 5.76. The van der Waals surface area contributed by atoms with Crippen LogP contribution in [0.15, 0.2) is 103 Å². The minimum absolute atomic E-state index is 0.0153. The van der Waals surface area contributed by atoms with Crippen molar-refractivity contribution < 1.29 is 0 Å². The third kappa shape index (κ3) is 3.89. The normalized spacial score (nSPS) is 17.8. The first kappa shape index (κ1) is 28.6. The largest absolute Gasteiger partial charge is 0.0619 e. The first-order valence-corrected chi connectivity index (χ1v) is 16.4. The van der Waals surface area contributed by atoms with Crippen LogP contribution in [-0.2, 0) is 5.41 Å². The Morgan fingerprint density at radius 2 is 0.841 bits per heavy atom. The highest BCUT2D eigenvalue weighted by molar-refractivity contribution is 6.07. The van der Waals surface area contributed by atoms with Crippen molar-refractivity contribution in [2.75, 3.05) is 0 Å². The first-order valence-electron chi connectivity index (χ1n) is 16.4. The van der Waals surface area contributed by atoms with Crippen molar-refractivity contribution in [1.82, 2.24) is 0 Å². The maximum absolute atomic E-state index is 2.40. The first-order chi connectivity index (χ1) is 21.2. The molecule has 0 fully saturated rings. The van der Waals surface area contributed by atoms with Crippen molar-refractivity contribution in [3.05, 3.63) is 164 Å². The molecule has 3 aliphatic carbocycles. The Morgan fingerprint density at radius 3 is 1.20 bits per heavy atom. The van der Waals surface area contributed by atoms with Gasteiger partial charge in [0.05, 0.1) is 0 Å². The summed E-state index contributed by atoms with van der Waals surface area (Å²) in [4.78, 5) is 0. The van der Waals surface area contributed by atoms with Crippen molar-refractivity contribution in [2.45, 2.75) is 72.6 Å². The molecule has 6 aromatic rings. The van der Waals surface area contributed by atoms with Gasteiger partial charge in [0.2, 0.25) is 0 Å². The van der Waals surface area contributed by atoms with Crippen molar-refractivity contribution in [3.63, 3.8) is 0 Å². The van der Waals surface area contributed by atoms with E-state index in [0.29, 0.717) is 17.8 Å². The summed E-state index contributed by atoms with van der Waals surface area (Å²) in [6.45, 7) is 18.3. The summed E-state index contributed by atoms with van der Waals surface area (Å²) < 4.78 is 0. The van der Waals surface area contributed by atoms with E-state index in [1.54, 1.807) is 0 Å². The maximum Gasteiger partial charge on any atom is 0.0483 e. The quantitative estimate of drug-likeness (QED) is 0.181. The van der Waals surface area contributed by atoms with Gasteiger partial charge < -0.3 is 0 Å². The Kier molecular flexibility index (Phi) is 6.81. The van der Waals surface area contributed by atoms with Crippen LogP contribution in [0.25, 0.3) is 21.5 Å². The van der Waals surface area contributed by atoms with Crippen LogP contribution < -0.4 is 0 Å². The van der Waals surface area contributed by atoms with Gasteiger partial charge in [0.15, 0.2) is 0 Å². The summed E-state index contributed by atoms with van der Waals surface area (Å²) in [6.07, 6.45) is 0. The zero-order chi connectivity index (χ0) is 30.9. The number of aryl methyl sites for hydroxylation is 4. The molecule has 44 heavy (non-hydrogen) atoms. The molecule has 0 aromatic heterocycles. The second kappa shape index (κ2) is 10.5. The average molecular weight is 573 g/mol. The summed E-state index contributed by atoms with van der Waals surface area (Å²) in [7, 11) is 0. The standard InChI is InChI=1S/C23H20.C21H24/c1-15(2)23-19-12-6-3-9-16(19)22(17-10-4-7-13-20(17)23)18-11-5-8-14-21(18)23;1-12(2)19-20-15(5)9-7-13(3)17(20)11-18-14(4)8-10-16(6)21(18)19/h3-15,22H,1-2H3;7-12H,1-6H3. The van der Waals surface area contributed by atoms with E-state index in [4.69, 9.17) is 0 Å². The fourth-order valence-electron chi connectivity index (χ4n) is 8.79. The fourth-order valence-corrected chi connectivity index (χ4v) is 8.79. The van der Waals surface area contributed by atoms with E-state index in [1.165, 1.54) is 82.7 Å². The lowest BCUT2D eigenvalue weighted by molar-refractivity contribution is 0.403. The highest BCUT2D eigenvalue weighted by Gasteiger charge is 2.52. The van der Waals surface area contributed by atoms with Gasteiger partial charge in [0.25, 0.3) is 0 Å². The molecule has 220 valence electrons. The molecule has 0 heterocycles. The predicted molar refractivity (Wildman–Crippen MR) is 189 cm³/mol. The monoisotopic (exact) mass is 572 g/mol. The van der Waals surface area contributed by atoms with Crippen LogP contribution in [0.1, 0.15) is 101 Å². The Labute approximate surface area is 263 Å². The molecule has 0 heteroatoms. The van der Waals surface area contributed by atoms with Crippen LogP contribution in [0, 0.1) is 33.6 Å². The lowest BCUT2D eigenvalue weighted by atomic mass is 9.49. The minimum Gasteiger partial charge on any atom is -0.0619 e. The van der Waals surface area contributed by atoms with Crippen molar-refractivity contribution in [1.29, 1.82) is 0 Å². The van der Waals surface area contributed by atoms with E-state index >= 15 is 0 Å². The van der Waals surface area contributed by atoms with Gasteiger partial charge in [-0.15, -0.1) is 0 Å². The highest BCUT2D eigenvalue weighted by atomic mass is 14.5. The third-order valence-corrected chi connectivity index (χ3v) is 10.7. The highest BCUT2D eigenvalue weighted by Crippen LogP contribution is 2.61. The maximum atomic E-state index is 2.40. The van der Waals surface area contributed by atoms with Crippen LogP contribution >= 0.6 is 0 Å². The smallest absolute Gasteiger partial charge is 0.0483 e. The number of hydrogen-bond acceptors (Lipinski definition) is 0. The summed E-state index contributed by atoms with van der Waals surface area (Å²) in [5.41, 5.74) is 16.1. The van der Waals surface area contributed by atoms with E-state index in [2.05, 4.69) is 159 Å². The molecular formula is C44H44. The van der Waals surface area contributed by atoms with Gasteiger partial charge >= 0.3 is 0 Å². The number of benzene rings is 6. The zero-order valence-corrected chi connectivity index (χ0v) is 27.5. The molecular weight excluding hydrogens is 528 g/mol. The second-order valence-electron chi connectivity index (χ2n) is 13.8. The molecule has 0 saturated heterocycles. The Hall–Kier alpha value is -4.16. The van der Waals surface area contributed by atoms with Gasteiger partial charge in [-0.05, 0) is 128 Å². The van der Waals surface area contributed by atoms with E-state index in [-0.39, 0.29) is 5.41 Å². The van der Waals surface area contributed by atoms with Gasteiger partial charge in [0, 0.05) is 11.3 Å². The van der Waals surface area contributed by atoms with Crippen LogP contribution in [0.5, 0.6) is 0 Å². The molecule has 0 amide bonds. The predicted octanol–water partition coefficient (Wildman–Crippen LogP) is 11.8. The summed E-state index contributed by atoms with van der Waals surface area (Å²) >= 11 is 0. The zero-order valence-electron chi connectivity index (χ0n) is 27.5. The van der Waals surface area contributed by atoms with Gasteiger partial charge in [-0.25, -0.2) is 0 Å². The van der Waals surface area contributed by atoms with E-state index < -0.39 is 0 Å². The molecule has 0 radical (unpaired) electrons. The molecule has 0 N–H and O–H groups in total. The van der Waals surface area contributed by atoms with Crippen molar-refractivity contribution in [2.24, 2.45) is 5.92 Å². The van der Waals surface area contributed by atoms with Gasteiger partial charge in [0.1, 0.15) is 0 Å². The molecule has 2 bridgehead atoms. The van der Waals surface area contributed by atoms with Crippen LogP contribution in [0.2, 0.25) is 0 Å². The molecule has 0 unspecified atom stereocenters. The van der Waals surface area contributed by atoms with Crippen LogP contribution in [0.4, 0.5) is 0 Å². The Balaban J connectivity index is 0.000000143. The number of rotatable bonds is 2. The molecule has 3 aliphatic rings. The van der Waals surface area contributed by atoms with Crippen LogP contribution in [-0.4, -0.2) is 0 Å². The Bertz CT molecular complexity index is 1890. The van der Waals surface area contributed by atoms with Gasteiger partial charge in [-0.3, -0.25) is 0 Å². The minimum atomic E-state index is -0.0153. The lowest BCUT2D eigenvalue weighted by Crippen LogP contribution is -2.45. The average Bonchev–Trinajstić information content (AvgIpc) is 3.03. The lowest BCUT2D eigenvalue weighted by Gasteiger charge is -2.53. The number of fused-ring (bicyclic) bond motifs is 2. The molecule has 6 aromatic carbocycles. The van der Waals surface area contributed by atoms with E-state index in [1.807, 2.05) is 0 Å². The Morgan fingerprint density at radius 1 is 0.477 bits per heavy atom. The summed E-state index contributed by atoms with van der Waals surface area (Å²) in [6, 6.07) is 38.7. The van der Waals surface area contributed by atoms with Gasteiger partial charge in [-0.2, -0.15) is 0 Å². The third-order valence-electron chi connectivity index (χ3n) is 10.7. The molecule has 0 saturated carbocycles. The van der Waals surface area contributed by atoms with Gasteiger partial charge in [-0.1, -0.05) is 125 Å². The van der Waals surface area contributed by atoms with Crippen molar-refractivity contribution in [3.8, 4) is 0 Å². The molecule has 0 atom stereocenters. The second-order valence-corrected chi connectivity index (χ2v) is 13.8. The fraction of sp³-hybridized carbons (Fsp3) is 0.273.